The van der Waals surface area contributed by atoms with Gasteiger partial charge in [0, 0.05) is 0 Å². The molecular formula is C6H4BaO2. The Morgan fingerprint density at radius 1 is 0.889 bits per heavy atom. The number of para-hydroxylation sites is 2. The third kappa shape index (κ3) is 2.64. The summed E-state index contributed by atoms with van der Waals surface area (Å²) in [5.41, 5.74) is 0. The first-order valence-corrected chi connectivity index (χ1v) is 2.24. The van der Waals surface area contributed by atoms with Crippen molar-refractivity contribution in [2.45, 2.75) is 0 Å². The normalized spacial score (nSPS) is 8.00. The molecule has 9 heavy (non-hydrogen) atoms. The summed E-state index contributed by atoms with van der Waals surface area (Å²) >= 11 is 0. The molecule has 1 aromatic carbocycles. The van der Waals surface area contributed by atoms with E-state index in [0.717, 1.165) is 0 Å². The third-order valence-electron chi connectivity index (χ3n) is 0.849. The van der Waals surface area contributed by atoms with E-state index < -0.39 is 11.5 Å². The van der Waals surface area contributed by atoms with Gasteiger partial charge in [0.15, 0.2) is 0 Å². The Kier molecular flexibility index (Phi) is 4.43. The molecule has 0 heterocycles. The first-order valence-electron chi connectivity index (χ1n) is 2.24. The van der Waals surface area contributed by atoms with Crippen LogP contribution in [0.1, 0.15) is 0 Å². The van der Waals surface area contributed by atoms with E-state index in [9.17, 15) is 10.2 Å². The van der Waals surface area contributed by atoms with Gasteiger partial charge in [-0.25, -0.2) is 0 Å². The van der Waals surface area contributed by atoms with E-state index in [0.29, 0.717) is 0 Å². The summed E-state index contributed by atoms with van der Waals surface area (Å²) in [6.07, 6.45) is 0. The molecule has 0 radical (unpaired) electrons. The number of hydrogen-bond donors (Lipinski definition) is 0. The van der Waals surface area contributed by atoms with Crippen LogP contribution in [0.5, 0.6) is 11.5 Å². The zero-order valence-corrected chi connectivity index (χ0v) is 9.27. The maximum atomic E-state index is 10.3. The minimum absolute atomic E-state index is 0. The second-order valence-corrected chi connectivity index (χ2v) is 1.45. The van der Waals surface area contributed by atoms with Gasteiger partial charge >= 0.3 is 48.9 Å². The second kappa shape index (κ2) is 4.25. The van der Waals surface area contributed by atoms with Gasteiger partial charge in [0.2, 0.25) is 0 Å². The quantitative estimate of drug-likeness (QED) is 0.576. The van der Waals surface area contributed by atoms with E-state index in [1.807, 2.05) is 0 Å². The Morgan fingerprint density at radius 2 is 1.22 bits per heavy atom. The van der Waals surface area contributed by atoms with Crippen LogP contribution >= 0.6 is 0 Å². The van der Waals surface area contributed by atoms with E-state index in [-0.39, 0.29) is 48.9 Å². The third-order valence-corrected chi connectivity index (χ3v) is 0.849. The predicted octanol–water partition coefficient (Wildman–Crippen LogP) is -0.547. The fraction of sp³-hybridized carbons (Fsp3) is 0. The van der Waals surface area contributed by atoms with Crippen LogP contribution in [0.25, 0.3) is 0 Å². The monoisotopic (exact) mass is 246 g/mol. The number of benzene rings is 1. The van der Waals surface area contributed by atoms with Gasteiger partial charge in [0.1, 0.15) is 0 Å². The van der Waals surface area contributed by atoms with Gasteiger partial charge in [-0.2, -0.15) is 0 Å². The van der Waals surface area contributed by atoms with Crippen molar-refractivity contribution in [3.05, 3.63) is 24.3 Å². The van der Waals surface area contributed by atoms with E-state index in [1.54, 1.807) is 12.1 Å². The average Bonchev–Trinajstić information content (AvgIpc) is 1.77. The van der Waals surface area contributed by atoms with Gasteiger partial charge in [-0.3, -0.25) is 0 Å². The summed E-state index contributed by atoms with van der Waals surface area (Å²) < 4.78 is 0. The molecule has 0 aromatic heterocycles. The smallest absolute Gasteiger partial charge is 0.873 e. The topological polar surface area (TPSA) is 46.1 Å². The van der Waals surface area contributed by atoms with Crippen LogP contribution in [0.3, 0.4) is 0 Å². The average molecular weight is 245 g/mol. The van der Waals surface area contributed by atoms with Gasteiger partial charge in [-0.1, -0.05) is 24.3 Å². The van der Waals surface area contributed by atoms with E-state index in [4.69, 9.17) is 0 Å². The summed E-state index contributed by atoms with van der Waals surface area (Å²) in [5, 5.41) is 20.6. The zero-order chi connectivity index (χ0) is 5.98. The standard InChI is InChI=1S/C6H6O2.Ba/c7-5-3-1-2-4-6(5)8;/h1-4,7-8H;/q;+2/p-2. The molecule has 0 saturated carbocycles. The summed E-state index contributed by atoms with van der Waals surface area (Å²) in [5.74, 6) is -0.875. The van der Waals surface area contributed by atoms with Crippen molar-refractivity contribution in [2.75, 3.05) is 0 Å². The Balaban J connectivity index is 0.000000640. The van der Waals surface area contributed by atoms with Crippen LogP contribution in [0.2, 0.25) is 0 Å². The summed E-state index contributed by atoms with van der Waals surface area (Å²) in [4.78, 5) is 0. The minimum atomic E-state index is -0.437. The molecule has 42 valence electrons. The van der Waals surface area contributed by atoms with E-state index in [2.05, 4.69) is 0 Å². The molecule has 0 aliphatic carbocycles. The molecule has 0 unspecified atom stereocenters. The van der Waals surface area contributed by atoms with Crippen LogP contribution in [-0.2, 0) is 0 Å². The minimum Gasteiger partial charge on any atom is -0.873 e. The van der Waals surface area contributed by atoms with Crippen LogP contribution in [-0.4, -0.2) is 48.9 Å². The van der Waals surface area contributed by atoms with Crippen molar-refractivity contribution in [3.8, 4) is 11.5 Å². The van der Waals surface area contributed by atoms with Crippen molar-refractivity contribution in [3.63, 3.8) is 0 Å². The number of rotatable bonds is 0. The van der Waals surface area contributed by atoms with Gasteiger partial charge in [-0.15, -0.1) is 11.5 Å². The Labute approximate surface area is 93.6 Å². The first-order chi connectivity index (χ1) is 3.80. The molecule has 3 heteroatoms. The molecule has 0 spiro atoms. The Morgan fingerprint density at radius 3 is 1.44 bits per heavy atom. The van der Waals surface area contributed by atoms with Crippen LogP contribution in [0, 0.1) is 0 Å². The van der Waals surface area contributed by atoms with Gasteiger partial charge in [-0.05, 0) is 0 Å². The van der Waals surface area contributed by atoms with Crippen molar-refractivity contribution in [2.24, 2.45) is 0 Å². The van der Waals surface area contributed by atoms with Crippen molar-refractivity contribution < 1.29 is 10.2 Å². The predicted molar refractivity (Wildman–Crippen MR) is 31.1 cm³/mol. The largest absolute Gasteiger partial charge is 2.00 e. The first kappa shape index (κ1) is 9.39. The van der Waals surface area contributed by atoms with Crippen molar-refractivity contribution >= 4 is 48.9 Å². The molecule has 2 nitrogen and oxygen atoms in total. The molecule has 0 atom stereocenters. The van der Waals surface area contributed by atoms with E-state index in [1.165, 1.54) is 12.1 Å². The molecule has 0 saturated heterocycles. The van der Waals surface area contributed by atoms with Gasteiger partial charge in [0.05, 0.1) is 0 Å². The second-order valence-electron chi connectivity index (χ2n) is 1.45. The maximum Gasteiger partial charge on any atom is 2.00 e. The number of hydrogen-bond acceptors (Lipinski definition) is 2. The molecule has 0 aliphatic heterocycles. The Bertz CT molecular complexity index is 167. The van der Waals surface area contributed by atoms with Crippen molar-refractivity contribution in [1.29, 1.82) is 0 Å². The molecule has 0 amide bonds. The maximum absolute atomic E-state index is 10.3. The van der Waals surface area contributed by atoms with Gasteiger partial charge in [0.25, 0.3) is 0 Å². The molecule has 1 aromatic rings. The van der Waals surface area contributed by atoms with Crippen LogP contribution in [0.15, 0.2) is 24.3 Å². The van der Waals surface area contributed by atoms with Crippen LogP contribution < -0.4 is 10.2 Å². The van der Waals surface area contributed by atoms with Crippen molar-refractivity contribution in [1.82, 2.24) is 0 Å². The fourth-order valence-electron chi connectivity index (χ4n) is 0.450. The zero-order valence-electron chi connectivity index (χ0n) is 4.83. The van der Waals surface area contributed by atoms with E-state index >= 15 is 0 Å². The Hall–Kier alpha value is 0.391. The molecule has 0 N–H and O–H groups in total. The molecule has 0 aliphatic rings. The van der Waals surface area contributed by atoms with Gasteiger partial charge < -0.3 is 10.2 Å². The SMILES string of the molecule is [Ba+2].[O-]c1ccccc1[O-]. The summed E-state index contributed by atoms with van der Waals surface area (Å²) in [6, 6.07) is 5.60. The molecule has 1 rings (SSSR count). The molecular weight excluding hydrogens is 241 g/mol. The molecule has 0 bridgehead atoms. The molecule has 0 fully saturated rings. The fourth-order valence-corrected chi connectivity index (χ4v) is 0.450. The van der Waals surface area contributed by atoms with Crippen LogP contribution in [0.4, 0.5) is 0 Å². The summed E-state index contributed by atoms with van der Waals surface area (Å²) in [7, 11) is 0. The summed E-state index contributed by atoms with van der Waals surface area (Å²) in [6.45, 7) is 0.